The van der Waals surface area contributed by atoms with E-state index < -0.39 is 11.4 Å². The van der Waals surface area contributed by atoms with E-state index in [-0.39, 0.29) is 6.42 Å². The topological polar surface area (TPSA) is 50.2 Å². The molecule has 0 atom stereocenters. The van der Waals surface area contributed by atoms with E-state index in [4.69, 9.17) is 5.11 Å². The van der Waals surface area contributed by atoms with E-state index in [2.05, 4.69) is 4.98 Å². The number of carboxylic acid groups (broad SMARTS) is 1. The fourth-order valence-electron chi connectivity index (χ4n) is 2.12. The van der Waals surface area contributed by atoms with Crippen LogP contribution < -0.4 is 0 Å². The fraction of sp³-hybridized carbons (Fsp3) is 0.286. The first-order valence-corrected chi connectivity index (χ1v) is 5.57. The molecule has 3 heteroatoms. The largest absolute Gasteiger partial charge is 0.481 e. The van der Waals surface area contributed by atoms with Gasteiger partial charge in [-0.2, -0.15) is 0 Å². The van der Waals surface area contributed by atoms with Crippen molar-refractivity contribution in [2.75, 3.05) is 0 Å². The number of carboxylic acids is 1. The molecule has 3 nitrogen and oxygen atoms in total. The predicted molar refractivity (Wildman–Crippen MR) is 67.0 cm³/mol. The smallest absolute Gasteiger partial charge is 0.304 e. The van der Waals surface area contributed by atoms with Crippen LogP contribution >= 0.6 is 0 Å². The summed E-state index contributed by atoms with van der Waals surface area (Å²) in [4.78, 5) is 15.3. The lowest BCUT2D eigenvalue weighted by Gasteiger charge is -2.23. The zero-order valence-electron chi connectivity index (χ0n) is 9.97. The third-order valence-corrected chi connectivity index (χ3v) is 2.91. The van der Waals surface area contributed by atoms with Gasteiger partial charge in [-0.15, -0.1) is 0 Å². The lowest BCUT2D eigenvalue weighted by molar-refractivity contribution is -0.138. The third-order valence-electron chi connectivity index (χ3n) is 2.91. The van der Waals surface area contributed by atoms with Crippen LogP contribution in [0.15, 0.2) is 36.5 Å². The zero-order valence-corrected chi connectivity index (χ0v) is 9.97. The first kappa shape index (κ1) is 11.6. The van der Waals surface area contributed by atoms with Gasteiger partial charge in [-0.1, -0.05) is 38.1 Å². The van der Waals surface area contributed by atoms with Crippen LogP contribution in [0.2, 0.25) is 0 Å². The molecule has 0 fully saturated rings. The second kappa shape index (κ2) is 4.17. The standard InChI is InChI=1S/C14H15NO2/c1-14(2,9-12(16)17)13-11-6-4-3-5-10(11)7-8-15-13/h3-8H,9H2,1-2H3,(H,16,17). The predicted octanol–water partition coefficient (Wildman–Crippen LogP) is 2.99. The number of pyridine rings is 1. The SMILES string of the molecule is CC(C)(CC(=O)O)c1nccc2ccccc12. The Morgan fingerprint density at radius 3 is 2.71 bits per heavy atom. The molecule has 0 aliphatic rings. The molecule has 88 valence electrons. The molecule has 1 aromatic heterocycles. The molecule has 17 heavy (non-hydrogen) atoms. The molecule has 0 saturated heterocycles. The van der Waals surface area contributed by atoms with E-state index in [9.17, 15) is 4.79 Å². The summed E-state index contributed by atoms with van der Waals surface area (Å²) in [6.45, 7) is 3.83. The normalized spacial score (nSPS) is 11.6. The van der Waals surface area contributed by atoms with Gasteiger partial charge in [-0.25, -0.2) is 0 Å². The van der Waals surface area contributed by atoms with E-state index in [1.807, 2.05) is 44.2 Å². The highest BCUT2D eigenvalue weighted by atomic mass is 16.4. The van der Waals surface area contributed by atoms with Gasteiger partial charge in [0.25, 0.3) is 0 Å². The number of aliphatic carboxylic acids is 1. The van der Waals surface area contributed by atoms with E-state index in [1.165, 1.54) is 0 Å². The average Bonchev–Trinajstić information content (AvgIpc) is 2.26. The number of rotatable bonds is 3. The quantitative estimate of drug-likeness (QED) is 0.880. The lowest BCUT2D eigenvalue weighted by Crippen LogP contribution is -2.23. The van der Waals surface area contributed by atoms with Crippen LogP contribution in [0.3, 0.4) is 0 Å². The van der Waals surface area contributed by atoms with Crippen molar-refractivity contribution in [2.45, 2.75) is 25.7 Å². The number of aromatic nitrogens is 1. The Kier molecular flexibility index (Phi) is 2.84. The minimum atomic E-state index is -0.801. The van der Waals surface area contributed by atoms with Gasteiger partial charge in [0.05, 0.1) is 12.1 Å². The highest BCUT2D eigenvalue weighted by molar-refractivity contribution is 5.85. The van der Waals surface area contributed by atoms with E-state index in [0.29, 0.717) is 0 Å². The molecule has 1 heterocycles. The minimum absolute atomic E-state index is 0.0774. The van der Waals surface area contributed by atoms with Crippen LogP contribution in [0.1, 0.15) is 26.0 Å². The van der Waals surface area contributed by atoms with Crippen LogP contribution in [0.5, 0.6) is 0 Å². The van der Waals surface area contributed by atoms with Gasteiger partial charge in [0, 0.05) is 17.0 Å². The highest BCUT2D eigenvalue weighted by Gasteiger charge is 2.27. The summed E-state index contributed by atoms with van der Waals surface area (Å²) in [5.74, 6) is -0.801. The molecule has 1 N–H and O–H groups in total. The van der Waals surface area contributed by atoms with E-state index in [1.54, 1.807) is 6.20 Å². The molecule has 0 radical (unpaired) electrons. The third kappa shape index (κ3) is 2.28. The number of fused-ring (bicyclic) bond motifs is 1. The first-order valence-electron chi connectivity index (χ1n) is 5.57. The second-order valence-corrected chi connectivity index (χ2v) is 4.84. The summed E-state index contributed by atoms with van der Waals surface area (Å²) in [6.07, 6.45) is 1.81. The minimum Gasteiger partial charge on any atom is -0.481 e. The Bertz CT molecular complexity index is 556. The van der Waals surface area contributed by atoms with Crippen molar-refractivity contribution in [3.8, 4) is 0 Å². The van der Waals surface area contributed by atoms with Crippen molar-refractivity contribution < 1.29 is 9.90 Å². The van der Waals surface area contributed by atoms with Crippen molar-refractivity contribution in [3.63, 3.8) is 0 Å². The van der Waals surface area contributed by atoms with Crippen molar-refractivity contribution in [1.82, 2.24) is 4.98 Å². The van der Waals surface area contributed by atoms with Gasteiger partial charge in [-0.05, 0) is 11.5 Å². The molecule has 0 amide bonds. The number of carbonyl (C=O) groups is 1. The van der Waals surface area contributed by atoms with Gasteiger partial charge < -0.3 is 5.11 Å². The Balaban J connectivity index is 2.58. The summed E-state index contributed by atoms with van der Waals surface area (Å²) < 4.78 is 0. The molecule has 1 aromatic carbocycles. The van der Waals surface area contributed by atoms with Crippen LogP contribution in [-0.4, -0.2) is 16.1 Å². The Morgan fingerprint density at radius 2 is 2.00 bits per heavy atom. The average molecular weight is 229 g/mol. The maximum atomic E-state index is 10.9. The van der Waals surface area contributed by atoms with Gasteiger partial charge in [0.1, 0.15) is 0 Å². The fourth-order valence-corrected chi connectivity index (χ4v) is 2.12. The van der Waals surface area contributed by atoms with Crippen LogP contribution in [0.4, 0.5) is 0 Å². The lowest BCUT2D eigenvalue weighted by atomic mass is 9.83. The molecule has 2 aromatic rings. The zero-order chi connectivity index (χ0) is 12.5. The molecule has 0 bridgehead atoms. The Morgan fingerprint density at radius 1 is 1.29 bits per heavy atom. The molecule has 0 spiro atoms. The summed E-state index contributed by atoms with van der Waals surface area (Å²) in [5, 5.41) is 11.1. The monoisotopic (exact) mass is 229 g/mol. The Labute approximate surface area is 100 Å². The van der Waals surface area contributed by atoms with E-state index >= 15 is 0 Å². The number of hydrogen-bond donors (Lipinski definition) is 1. The highest BCUT2D eigenvalue weighted by Crippen LogP contribution is 2.30. The molecular weight excluding hydrogens is 214 g/mol. The first-order chi connectivity index (χ1) is 8.00. The van der Waals surface area contributed by atoms with Gasteiger partial charge in [0.15, 0.2) is 0 Å². The van der Waals surface area contributed by atoms with Crippen molar-refractivity contribution >= 4 is 16.7 Å². The van der Waals surface area contributed by atoms with Crippen molar-refractivity contribution in [2.24, 2.45) is 0 Å². The molecule has 0 saturated carbocycles. The molecular formula is C14H15NO2. The van der Waals surface area contributed by atoms with Crippen LogP contribution in [0, 0.1) is 0 Å². The molecule has 0 unspecified atom stereocenters. The maximum absolute atomic E-state index is 10.9. The molecule has 2 rings (SSSR count). The summed E-state index contributed by atoms with van der Waals surface area (Å²) >= 11 is 0. The van der Waals surface area contributed by atoms with Gasteiger partial charge >= 0.3 is 5.97 Å². The number of nitrogens with zero attached hydrogens (tertiary/aromatic N) is 1. The summed E-state index contributed by atoms with van der Waals surface area (Å²) in [6, 6.07) is 9.86. The van der Waals surface area contributed by atoms with Crippen molar-refractivity contribution in [1.29, 1.82) is 0 Å². The molecule has 0 aliphatic carbocycles. The summed E-state index contributed by atoms with van der Waals surface area (Å²) in [5.41, 5.74) is 0.380. The summed E-state index contributed by atoms with van der Waals surface area (Å²) in [7, 11) is 0. The van der Waals surface area contributed by atoms with Crippen LogP contribution in [0.25, 0.3) is 10.8 Å². The van der Waals surface area contributed by atoms with Gasteiger partial charge in [-0.3, -0.25) is 9.78 Å². The number of hydrogen-bond acceptors (Lipinski definition) is 2. The Hall–Kier alpha value is -1.90. The second-order valence-electron chi connectivity index (χ2n) is 4.84. The van der Waals surface area contributed by atoms with Gasteiger partial charge in [0.2, 0.25) is 0 Å². The number of benzene rings is 1. The van der Waals surface area contributed by atoms with Crippen molar-refractivity contribution in [3.05, 3.63) is 42.2 Å². The maximum Gasteiger partial charge on any atom is 0.304 e. The van der Waals surface area contributed by atoms with E-state index in [0.717, 1.165) is 16.5 Å². The molecule has 0 aliphatic heterocycles. The van der Waals surface area contributed by atoms with Crippen LogP contribution in [-0.2, 0) is 10.2 Å².